The fourth-order valence-electron chi connectivity index (χ4n) is 13.4. The van der Waals surface area contributed by atoms with Gasteiger partial charge in [0, 0.05) is 82.8 Å². The molecule has 2 bridgehead atoms. The van der Waals surface area contributed by atoms with Gasteiger partial charge in [0.25, 0.3) is 0 Å². The Kier molecular flexibility index (Phi) is 8.83. The molecular weight excluding hydrogens is 737 g/mol. The molecule has 2 fully saturated rings. The Bertz CT molecular complexity index is 2300. The van der Waals surface area contributed by atoms with Crippen LogP contribution in [0.25, 0.3) is 10.9 Å². The minimum atomic E-state index is -2.28. The molecular formula is C46H57N4O8+. The van der Waals surface area contributed by atoms with Gasteiger partial charge in [-0.25, -0.2) is 4.79 Å². The maximum Gasteiger partial charge on any atom is 0.344 e. The third-order valence-corrected chi connectivity index (χ3v) is 15.3. The van der Waals surface area contributed by atoms with Crippen molar-refractivity contribution >= 4 is 34.5 Å². The van der Waals surface area contributed by atoms with Crippen LogP contribution in [-0.2, 0) is 46.0 Å². The second-order valence-electron chi connectivity index (χ2n) is 18.1. The van der Waals surface area contributed by atoms with Crippen LogP contribution < -0.4 is 9.64 Å². The molecule has 1 saturated carbocycles. The number of anilines is 1. The van der Waals surface area contributed by atoms with E-state index >= 15 is 4.79 Å². The lowest BCUT2D eigenvalue weighted by Crippen LogP contribution is -2.81. The van der Waals surface area contributed by atoms with Gasteiger partial charge in [0.15, 0.2) is 6.10 Å². The number of para-hydroxylation sites is 1. The molecule has 0 unspecified atom stereocenters. The second-order valence-corrected chi connectivity index (χ2v) is 18.1. The van der Waals surface area contributed by atoms with Crippen molar-refractivity contribution in [2.75, 3.05) is 66.5 Å². The predicted octanol–water partition coefficient (Wildman–Crippen LogP) is 4.90. The lowest BCUT2D eigenvalue weighted by Gasteiger charge is -2.63. The van der Waals surface area contributed by atoms with Crippen molar-refractivity contribution in [3.8, 4) is 5.75 Å². The number of nitrogens with zero attached hydrogens (tertiary/aromatic N) is 3. The van der Waals surface area contributed by atoms with Crippen molar-refractivity contribution in [2.45, 2.75) is 87.6 Å². The summed E-state index contributed by atoms with van der Waals surface area (Å²) in [6, 6.07) is 11.2. The zero-order valence-corrected chi connectivity index (χ0v) is 35.0. The number of benzene rings is 2. The summed E-state index contributed by atoms with van der Waals surface area (Å²) >= 11 is 0. The molecule has 2 N–H and O–H groups in total. The first-order chi connectivity index (χ1) is 27.7. The average Bonchev–Trinajstić information content (AvgIpc) is 3.86. The molecule has 6 heterocycles. The van der Waals surface area contributed by atoms with Gasteiger partial charge >= 0.3 is 17.9 Å². The summed E-state index contributed by atoms with van der Waals surface area (Å²) < 4.78 is 24.8. The van der Waals surface area contributed by atoms with Crippen LogP contribution >= 0.6 is 0 Å². The molecule has 0 radical (unpaired) electrons. The standard InChI is InChI=1S/C46H57N4O8/c1-9-28-20-29-23-45(41(52)56-7,37-31(26-50(5,24-28)25-29)30-14-11-12-15-34(30)47-37)33-21-32-35(22-36(33)55-6)48(4)39-44(32)17-19-49-18-13-16-43(10-2,38(44)49)40(58-27(3)51)46(39,54)42(53)57-8/h11-16,20-22,29,38-40,47,54H,9-10,17-19,23-26H2,1-8H3/q+1/t29-,38-,39+,40+,43+,44+,45-,46-,50-/m0/s1. The third kappa shape index (κ3) is 4.82. The number of likely N-dealkylation sites (N-methyl/N-ethyl adjacent to an activating group) is 2. The molecule has 58 heavy (non-hydrogen) atoms. The fourth-order valence-corrected chi connectivity index (χ4v) is 13.4. The number of fused-ring (bicyclic) bond motifs is 6. The summed E-state index contributed by atoms with van der Waals surface area (Å²) in [5.74, 6) is -1.28. The van der Waals surface area contributed by atoms with Crippen LogP contribution in [0.2, 0.25) is 0 Å². The number of aliphatic hydroxyl groups is 1. The largest absolute Gasteiger partial charge is 0.496 e. The predicted molar refractivity (Wildman–Crippen MR) is 218 cm³/mol. The van der Waals surface area contributed by atoms with E-state index in [0.717, 1.165) is 63.9 Å². The monoisotopic (exact) mass is 793 g/mol. The van der Waals surface area contributed by atoms with Crippen LogP contribution in [0, 0.1) is 11.3 Å². The molecule has 308 valence electrons. The van der Waals surface area contributed by atoms with Gasteiger partial charge in [0.2, 0.25) is 5.60 Å². The number of carbonyl (C=O) groups excluding carboxylic acids is 3. The van der Waals surface area contributed by atoms with Gasteiger partial charge in [-0.1, -0.05) is 50.3 Å². The minimum absolute atomic E-state index is 0.0423. The van der Waals surface area contributed by atoms with Crippen molar-refractivity contribution < 1.29 is 42.9 Å². The van der Waals surface area contributed by atoms with Crippen molar-refractivity contribution in [3.63, 3.8) is 0 Å². The van der Waals surface area contributed by atoms with E-state index in [9.17, 15) is 14.7 Å². The number of quaternary nitrogens is 1. The molecule has 12 nitrogen and oxygen atoms in total. The van der Waals surface area contributed by atoms with Crippen molar-refractivity contribution in [2.24, 2.45) is 11.3 Å². The second kappa shape index (κ2) is 13.2. The number of methoxy groups -OCH3 is 3. The van der Waals surface area contributed by atoms with E-state index in [1.807, 2.05) is 31.0 Å². The summed E-state index contributed by atoms with van der Waals surface area (Å²) in [4.78, 5) is 50.8. The first kappa shape index (κ1) is 38.8. The molecule has 12 heteroatoms. The Morgan fingerprint density at radius 1 is 1.02 bits per heavy atom. The average molecular weight is 794 g/mol. The first-order valence-electron chi connectivity index (χ1n) is 20.8. The molecule has 9 atom stereocenters. The number of H-pyrrole nitrogens is 1. The van der Waals surface area contributed by atoms with Crippen LogP contribution in [-0.4, -0.2) is 123 Å². The molecule has 6 aliphatic rings. The van der Waals surface area contributed by atoms with Gasteiger partial charge in [-0.15, -0.1) is 0 Å². The molecule has 0 amide bonds. The summed E-state index contributed by atoms with van der Waals surface area (Å²) in [5.41, 5.74) is 1.16. The van der Waals surface area contributed by atoms with E-state index in [1.54, 1.807) is 7.11 Å². The normalized spacial score (nSPS) is 35.8. The minimum Gasteiger partial charge on any atom is -0.496 e. The Morgan fingerprint density at radius 2 is 1.78 bits per heavy atom. The highest BCUT2D eigenvalue weighted by atomic mass is 16.6. The lowest BCUT2D eigenvalue weighted by molar-refractivity contribution is -0.922. The molecule has 1 spiro atoms. The number of rotatable bonds is 7. The van der Waals surface area contributed by atoms with Crippen molar-refractivity contribution in [1.82, 2.24) is 9.88 Å². The molecule has 5 aliphatic heterocycles. The summed E-state index contributed by atoms with van der Waals surface area (Å²) in [6.45, 7) is 9.43. The highest BCUT2D eigenvalue weighted by Crippen LogP contribution is 2.68. The van der Waals surface area contributed by atoms with E-state index < -0.39 is 45.9 Å². The van der Waals surface area contributed by atoms with E-state index in [1.165, 1.54) is 26.7 Å². The summed E-state index contributed by atoms with van der Waals surface area (Å²) in [7, 11) is 8.57. The fraction of sp³-hybridized carbons (Fsp3) is 0.543. The van der Waals surface area contributed by atoms with Crippen molar-refractivity contribution in [3.05, 3.63) is 82.6 Å². The van der Waals surface area contributed by atoms with Gasteiger partial charge in [-0.3, -0.25) is 14.5 Å². The third-order valence-electron chi connectivity index (χ3n) is 15.3. The number of hydrogen-bond acceptors (Lipinski definition) is 10. The Labute approximate surface area is 340 Å². The topological polar surface area (TPSA) is 131 Å². The van der Waals surface area contributed by atoms with E-state index in [0.29, 0.717) is 43.7 Å². The molecule has 9 rings (SSSR count). The van der Waals surface area contributed by atoms with E-state index in [-0.39, 0.29) is 17.9 Å². The quantitative estimate of drug-likeness (QED) is 0.148. The van der Waals surface area contributed by atoms with Crippen LogP contribution in [0.1, 0.15) is 68.8 Å². The van der Waals surface area contributed by atoms with Gasteiger partial charge in [-0.05, 0) is 55.5 Å². The zero-order valence-electron chi connectivity index (χ0n) is 35.0. The maximum atomic E-state index is 15.3. The first-order valence-corrected chi connectivity index (χ1v) is 20.8. The number of aromatic nitrogens is 1. The Hall–Kier alpha value is -4.65. The number of ether oxygens (including phenoxy) is 4. The van der Waals surface area contributed by atoms with E-state index in [4.69, 9.17) is 18.9 Å². The number of esters is 3. The smallest absolute Gasteiger partial charge is 0.344 e. The number of aromatic amines is 1. The van der Waals surface area contributed by atoms with Gasteiger partial charge in [0.05, 0.1) is 41.0 Å². The van der Waals surface area contributed by atoms with E-state index in [2.05, 4.69) is 66.3 Å². The molecule has 1 aliphatic carbocycles. The zero-order chi connectivity index (χ0) is 41.2. The lowest BCUT2D eigenvalue weighted by atomic mass is 9.47. The van der Waals surface area contributed by atoms with Crippen molar-refractivity contribution in [1.29, 1.82) is 0 Å². The van der Waals surface area contributed by atoms with Crippen LogP contribution in [0.5, 0.6) is 5.75 Å². The molecule has 2 aromatic carbocycles. The molecule has 3 aromatic rings. The summed E-state index contributed by atoms with van der Waals surface area (Å²) in [5, 5.41) is 14.4. The maximum absolute atomic E-state index is 15.3. The summed E-state index contributed by atoms with van der Waals surface area (Å²) in [6.07, 6.45) is 7.73. The SMILES string of the molecule is CCC1=C[C@H]2C[C@](C(=O)OC)(c3cc4c(cc3OC)N(C)[C@H]3[C@@](O)(C(=O)OC)[C@H](OC(C)=O)[C@]5(CC)C=CCN6CC[C@]43[C@@H]65)c3[nH]c4ccccc4c3C[N@@+](C)(C1)C2. The highest BCUT2D eigenvalue weighted by molar-refractivity contribution is 5.95. The number of hydrogen-bond donors (Lipinski definition) is 2. The number of carbonyl (C=O) groups is 3. The van der Waals surface area contributed by atoms with Crippen LogP contribution in [0.15, 0.2) is 60.2 Å². The van der Waals surface area contributed by atoms with Crippen LogP contribution in [0.3, 0.4) is 0 Å². The molecule has 1 saturated heterocycles. The van der Waals surface area contributed by atoms with Gasteiger partial charge in [0.1, 0.15) is 24.3 Å². The highest BCUT2D eigenvalue weighted by Gasteiger charge is 2.80. The number of nitrogens with one attached hydrogen (secondary N) is 1. The Balaban J connectivity index is 1.38. The Morgan fingerprint density at radius 3 is 2.47 bits per heavy atom. The molecule has 1 aromatic heterocycles. The van der Waals surface area contributed by atoms with Crippen LogP contribution in [0.4, 0.5) is 5.69 Å². The van der Waals surface area contributed by atoms with Gasteiger partial charge in [-0.2, -0.15) is 0 Å². The van der Waals surface area contributed by atoms with Gasteiger partial charge < -0.3 is 38.4 Å².